The molecule has 1 aliphatic heterocycles. The minimum absolute atomic E-state index is 0.0633. The van der Waals surface area contributed by atoms with Gasteiger partial charge in [-0.2, -0.15) is 0 Å². The van der Waals surface area contributed by atoms with Crippen LogP contribution >= 0.6 is 0 Å². The van der Waals surface area contributed by atoms with Crippen LogP contribution in [0.1, 0.15) is 12.8 Å². The van der Waals surface area contributed by atoms with Crippen molar-refractivity contribution in [1.82, 2.24) is 10.2 Å². The van der Waals surface area contributed by atoms with Gasteiger partial charge in [-0.15, -0.1) is 0 Å². The second-order valence-corrected chi connectivity index (χ2v) is 4.55. The lowest BCUT2D eigenvalue weighted by atomic mass is 10.1. The van der Waals surface area contributed by atoms with Gasteiger partial charge < -0.3 is 20.7 Å². The molecular weight excluding hydrogens is 206 g/mol. The second-order valence-electron chi connectivity index (χ2n) is 4.55. The maximum Gasteiger partial charge on any atom is 0.237 e. The Kier molecular flexibility index (Phi) is 5.73. The molecule has 0 aromatic carbocycles. The van der Waals surface area contributed by atoms with Crippen LogP contribution in [-0.4, -0.2) is 57.2 Å². The Balaban J connectivity index is 2.14. The molecule has 1 saturated heterocycles. The summed E-state index contributed by atoms with van der Waals surface area (Å²) in [5, 5.41) is 2.91. The number of nitrogens with one attached hydrogen (secondary N) is 1. The number of nitrogens with zero attached hydrogens (tertiary/aromatic N) is 1. The Labute approximate surface area is 97.3 Å². The van der Waals surface area contributed by atoms with Crippen molar-refractivity contribution in [3.05, 3.63) is 0 Å². The average molecular weight is 229 g/mol. The molecule has 16 heavy (non-hydrogen) atoms. The monoisotopic (exact) mass is 229 g/mol. The fourth-order valence-corrected chi connectivity index (χ4v) is 1.94. The molecule has 1 rings (SSSR count). The van der Waals surface area contributed by atoms with Crippen LogP contribution < -0.4 is 11.1 Å². The first-order chi connectivity index (χ1) is 7.63. The lowest BCUT2D eigenvalue weighted by Crippen LogP contribution is -2.43. The highest BCUT2D eigenvalue weighted by atomic mass is 16.5. The molecule has 0 spiro atoms. The number of nitrogens with two attached hydrogens (primary N) is 1. The summed E-state index contributed by atoms with van der Waals surface area (Å²) in [6, 6.07) is -0.445. The first-order valence-electron chi connectivity index (χ1n) is 5.84. The van der Waals surface area contributed by atoms with Gasteiger partial charge in [0.25, 0.3) is 0 Å². The van der Waals surface area contributed by atoms with Gasteiger partial charge in [0.1, 0.15) is 0 Å². The summed E-state index contributed by atoms with van der Waals surface area (Å²) in [5.41, 5.74) is 5.71. The molecule has 0 aromatic heterocycles. The molecule has 2 atom stereocenters. The highest BCUT2D eigenvalue weighted by Crippen LogP contribution is 2.12. The summed E-state index contributed by atoms with van der Waals surface area (Å²) in [6.07, 6.45) is 1.73. The molecule has 3 N–H and O–H groups in total. The van der Waals surface area contributed by atoms with Gasteiger partial charge in [0, 0.05) is 26.8 Å². The van der Waals surface area contributed by atoms with E-state index in [4.69, 9.17) is 10.5 Å². The van der Waals surface area contributed by atoms with Crippen LogP contribution in [-0.2, 0) is 9.53 Å². The van der Waals surface area contributed by atoms with Crippen molar-refractivity contribution in [3.8, 4) is 0 Å². The minimum Gasteiger partial charge on any atom is -0.385 e. The van der Waals surface area contributed by atoms with Crippen LogP contribution in [0.5, 0.6) is 0 Å². The Morgan fingerprint density at radius 1 is 1.69 bits per heavy atom. The zero-order valence-corrected chi connectivity index (χ0v) is 10.2. The van der Waals surface area contributed by atoms with E-state index >= 15 is 0 Å². The fourth-order valence-electron chi connectivity index (χ4n) is 1.94. The smallest absolute Gasteiger partial charge is 0.237 e. The van der Waals surface area contributed by atoms with E-state index < -0.39 is 6.04 Å². The molecule has 94 valence electrons. The summed E-state index contributed by atoms with van der Waals surface area (Å²) >= 11 is 0. The standard InChI is InChI=1S/C11H23N3O2/c1-14-5-3-9(8-14)7-13-11(15)10(12)4-6-16-2/h9-10H,3-8,12H2,1-2H3,(H,13,15). The third kappa shape index (κ3) is 4.47. The van der Waals surface area contributed by atoms with E-state index in [9.17, 15) is 4.79 Å². The molecule has 5 heteroatoms. The van der Waals surface area contributed by atoms with E-state index in [0.29, 0.717) is 18.9 Å². The fraction of sp³-hybridized carbons (Fsp3) is 0.909. The molecule has 0 radical (unpaired) electrons. The van der Waals surface area contributed by atoms with Gasteiger partial charge >= 0.3 is 0 Å². The van der Waals surface area contributed by atoms with Crippen molar-refractivity contribution < 1.29 is 9.53 Å². The number of likely N-dealkylation sites (tertiary alicyclic amines) is 1. The molecule has 0 aromatic rings. The van der Waals surface area contributed by atoms with Crippen LogP contribution in [0, 0.1) is 5.92 Å². The van der Waals surface area contributed by atoms with Gasteiger partial charge in [-0.3, -0.25) is 4.79 Å². The van der Waals surface area contributed by atoms with E-state index in [1.807, 2.05) is 0 Å². The molecule has 1 aliphatic rings. The molecule has 2 unspecified atom stereocenters. The first-order valence-corrected chi connectivity index (χ1v) is 5.84. The van der Waals surface area contributed by atoms with Crippen LogP contribution in [0.3, 0.4) is 0 Å². The molecular formula is C11H23N3O2. The minimum atomic E-state index is -0.445. The number of hydrogen-bond donors (Lipinski definition) is 2. The van der Waals surface area contributed by atoms with Gasteiger partial charge in [-0.05, 0) is 32.4 Å². The van der Waals surface area contributed by atoms with Crippen LogP contribution in [0.15, 0.2) is 0 Å². The maximum absolute atomic E-state index is 11.6. The van der Waals surface area contributed by atoms with Crippen molar-refractivity contribution >= 4 is 5.91 Å². The van der Waals surface area contributed by atoms with E-state index in [2.05, 4.69) is 17.3 Å². The molecule has 5 nitrogen and oxygen atoms in total. The van der Waals surface area contributed by atoms with Crippen molar-refractivity contribution in [2.75, 3.05) is 40.4 Å². The van der Waals surface area contributed by atoms with E-state index in [0.717, 1.165) is 26.1 Å². The third-order valence-corrected chi connectivity index (χ3v) is 3.02. The second kappa shape index (κ2) is 6.83. The number of rotatable bonds is 6. The lowest BCUT2D eigenvalue weighted by Gasteiger charge is -2.15. The summed E-state index contributed by atoms with van der Waals surface area (Å²) in [6.45, 7) is 3.45. The molecule has 1 heterocycles. The third-order valence-electron chi connectivity index (χ3n) is 3.02. The Morgan fingerprint density at radius 2 is 2.44 bits per heavy atom. The Morgan fingerprint density at radius 3 is 3.00 bits per heavy atom. The number of carbonyl (C=O) groups is 1. The van der Waals surface area contributed by atoms with Gasteiger partial charge in [0.05, 0.1) is 6.04 Å². The predicted octanol–water partition coefficient (Wildman–Crippen LogP) is -0.582. The molecule has 0 aliphatic carbocycles. The first kappa shape index (κ1) is 13.4. The Hall–Kier alpha value is -0.650. The maximum atomic E-state index is 11.6. The van der Waals surface area contributed by atoms with Crippen molar-refractivity contribution in [2.24, 2.45) is 11.7 Å². The summed E-state index contributed by atoms with van der Waals surface area (Å²) in [5.74, 6) is 0.509. The quantitative estimate of drug-likeness (QED) is 0.639. The average Bonchev–Trinajstić information content (AvgIpc) is 2.68. The highest BCUT2D eigenvalue weighted by Gasteiger charge is 2.21. The summed E-state index contributed by atoms with van der Waals surface area (Å²) in [4.78, 5) is 13.9. The molecule has 0 bridgehead atoms. The van der Waals surface area contributed by atoms with E-state index in [1.54, 1.807) is 7.11 Å². The normalized spacial score (nSPS) is 23.3. The summed E-state index contributed by atoms with van der Waals surface area (Å²) in [7, 11) is 3.71. The van der Waals surface area contributed by atoms with Crippen LogP contribution in [0.25, 0.3) is 0 Å². The van der Waals surface area contributed by atoms with Gasteiger partial charge in [-0.25, -0.2) is 0 Å². The van der Waals surface area contributed by atoms with Gasteiger partial charge in [-0.1, -0.05) is 0 Å². The molecule has 1 amide bonds. The number of hydrogen-bond acceptors (Lipinski definition) is 4. The Bertz CT molecular complexity index is 223. The van der Waals surface area contributed by atoms with Crippen molar-refractivity contribution in [2.45, 2.75) is 18.9 Å². The van der Waals surface area contributed by atoms with E-state index in [1.165, 1.54) is 0 Å². The topological polar surface area (TPSA) is 67.6 Å². The zero-order chi connectivity index (χ0) is 12.0. The van der Waals surface area contributed by atoms with Crippen molar-refractivity contribution in [1.29, 1.82) is 0 Å². The van der Waals surface area contributed by atoms with E-state index in [-0.39, 0.29) is 5.91 Å². The van der Waals surface area contributed by atoms with Gasteiger partial charge in [0.2, 0.25) is 5.91 Å². The SMILES string of the molecule is COCCC(N)C(=O)NCC1CCN(C)C1. The highest BCUT2D eigenvalue weighted by molar-refractivity contribution is 5.81. The number of ether oxygens (including phenoxy) is 1. The van der Waals surface area contributed by atoms with Gasteiger partial charge in [0.15, 0.2) is 0 Å². The molecule has 0 saturated carbocycles. The number of carbonyl (C=O) groups excluding carboxylic acids is 1. The van der Waals surface area contributed by atoms with Crippen molar-refractivity contribution in [3.63, 3.8) is 0 Å². The van der Waals surface area contributed by atoms with Crippen LogP contribution in [0.4, 0.5) is 0 Å². The zero-order valence-electron chi connectivity index (χ0n) is 10.2. The number of methoxy groups -OCH3 is 1. The lowest BCUT2D eigenvalue weighted by molar-refractivity contribution is -0.122. The largest absolute Gasteiger partial charge is 0.385 e. The molecule has 1 fully saturated rings. The van der Waals surface area contributed by atoms with Crippen LogP contribution in [0.2, 0.25) is 0 Å². The predicted molar refractivity (Wildman–Crippen MR) is 63.1 cm³/mol. The number of amides is 1. The summed E-state index contributed by atoms with van der Waals surface area (Å²) < 4.78 is 4.89.